The summed E-state index contributed by atoms with van der Waals surface area (Å²) >= 11 is 0. The van der Waals surface area contributed by atoms with Gasteiger partial charge in [0.05, 0.1) is 0 Å². The van der Waals surface area contributed by atoms with Gasteiger partial charge in [0.1, 0.15) is 22.3 Å². The van der Waals surface area contributed by atoms with Gasteiger partial charge in [0.15, 0.2) is 0 Å². The van der Waals surface area contributed by atoms with Crippen LogP contribution >= 0.6 is 0 Å². The van der Waals surface area contributed by atoms with E-state index in [1.54, 1.807) is 0 Å². The number of nitrogens with zero attached hydrogens (tertiary/aromatic N) is 1. The van der Waals surface area contributed by atoms with Gasteiger partial charge >= 0.3 is 0 Å². The highest BCUT2D eigenvalue weighted by molar-refractivity contribution is 6.11. The van der Waals surface area contributed by atoms with Crippen LogP contribution in [0.15, 0.2) is 221 Å². The summed E-state index contributed by atoms with van der Waals surface area (Å²) in [4.78, 5) is 2.33. The van der Waals surface area contributed by atoms with Crippen molar-refractivity contribution >= 4 is 60.9 Å². The molecule has 0 aliphatic heterocycles. The van der Waals surface area contributed by atoms with Crippen LogP contribution in [-0.4, -0.2) is 0 Å². The molecule has 3 heteroatoms. The summed E-state index contributed by atoms with van der Waals surface area (Å²) in [6.45, 7) is 0. The molecule has 57 heavy (non-hydrogen) atoms. The molecule has 0 radical (unpaired) electrons. The largest absolute Gasteiger partial charge is 0.456 e. The van der Waals surface area contributed by atoms with E-state index in [1.807, 2.05) is 18.2 Å². The Morgan fingerprint density at radius 3 is 1.58 bits per heavy atom. The summed E-state index contributed by atoms with van der Waals surface area (Å²) in [5.74, 6) is 0. The van der Waals surface area contributed by atoms with Crippen LogP contribution < -0.4 is 4.90 Å². The lowest BCUT2D eigenvalue weighted by molar-refractivity contribution is 0.669. The smallest absolute Gasteiger partial charge is 0.143 e. The summed E-state index contributed by atoms with van der Waals surface area (Å²) in [6, 6.07) is 75.1. The molecule has 0 aliphatic carbocycles. The van der Waals surface area contributed by atoms with E-state index in [0.29, 0.717) is 0 Å². The number of rotatable bonds is 7. The highest BCUT2D eigenvalue weighted by atomic mass is 16.3. The van der Waals surface area contributed by atoms with E-state index in [4.69, 9.17) is 8.83 Å². The predicted molar refractivity (Wildman–Crippen MR) is 237 cm³/mol. The van der Waals surface area contributed by atoms with Gasteiger partial charge in [-0.15, -0.1) is 0 Å². The van der Waals surface area contributed by atoms with Gasteiger partial charge in [0.2, 0.25) is 0 Å². The van der Waals surface area contributed by atoms with Gasteiger partial charge in [0.25, 0.3) is 0 Å². The molecule has 2 aromatic heterocycles. The molecule has 0 aliphatic rings. The van der Waals surface area contributed by atoms with Crippen molar-refractivity contribution in [2.45, 2.75) is 0 Å². The van der Waals surface area contributed by atoms with Gasteiger partial charge in [-0.1, -0.05) is 152 Å². The van der Waals surface area contributed by atoms with E-state index in [0.717, 1.165) is 83.2 Å². The molecule has 0 saturated carbocycles. The normalized spacial score (nSPS) is 11.5. The Hall–Kier alpha value is -7.62. The van der Waals surface area contributed by atoms with E-state index >= 15 is 0 Å². The zero-order chi connectivity index (χ0) is 37.7. The highest BCUT2D eigenvalue weighted by Gasteiger charge is 2.19. The van der Waals surface area contributed by atoms with Crippen LogP contribution in [0.1, 0.15) is 0 Å². The van der Waals surface area contributed by atoms with Crippen LogP contribution in [-0.2, 0) is 0 Å². The fourth-order valence-electron chi connectivity index (χ4n) is 8.32. The molecule has 0 N–H and O–H groups in total. The fraction of sp³-hybridized carbons (Fsp3) is 0. The molecule has 0 spiro atoms. The Morgan fingerprint density at radius 2 is 0.825 bits per heavy atom. The summed E-state index contributed by atoms with van der Waals surface area (Å²) in [7, 11) is 0. The number of hydrogen-bond donors (Lipinski definition) is 0. The maximum Gasteiger partial charge on any atom is 0.143 e. The summed E-state index contributed by atoms with van der Waals surface area (Å²) < 4.78 is 12.9. The SMILES string of the molecule is c1ccc(-c2ccc(N(c3ccc(-c4ccc5oc6c(-c7ccccc7)cccc6c5c4)cc3)c3ccc4c(c3)oc3ccccc34)cc2-c2ccccc2)cc1. The van der Waals surface area contributed by atoms with E-state index < -0.39 is 0 Å². The van der Waals surface area contributed by atoms with Gasteiger partial charge in [-0.25, -0.2) is 0 Å². The van der Waals surface area contributed by atoms with Crippen molar-refractivity contribution in [3.63, 3.8) is 0 Å². The first-order valence-corrected chi connectivity index (χ1v) is 19.3. The lowest BCUT2D eigenvalue weighted by atomic mass is 9.93. The lowest BCUT2D eigenvalue weighted by Gasteiger charge is -2.27. The molecule has 3 nitrogen and oxygen atoms in total. The number of fused-ring (bicyclic) bond motifs is 6. The second-order valence-corrected chi connectivity index (χ2v) is 14.5. The predicted octanol–water partition coefficient (Wildman–Crippen LogP) is 15.6. The Morgan fingerprint density at radius 1 is 0.263 bits per heavy atom. The molecular weight excluding hydrogens is 695 g/mol. The Bertz CT molecular complexity index is 3220. The Kier molecular flexibility index (Phi) is 7.82. The molecule has 9 aromatic carbocycles. The highest BCUT2D eigenvalue weighted by Crippen LogP contribution is 2.43. The van der Waals surface area contributed by atoms with Crippen molar-refractivity contribution in [2.24, 2.45) is 0 Å². The van der Waals surface area contributed by atoms with Crippen molar-refractivity contribution in [3.05, 3.63) is 212 Å². The van der Waals surface area contributed by atoms with E-state index in [2.05, 4.69) is 199 Å². The third-order valence-electron chi connectivity index (χ3n) is 11.1. The fourth-order valence-corrected chi connectivity index (χ4v) is 8.32. The third-order valence-corrected chi connectivity index (χ3v) is 11.1. The summed E-state index contributed by atoms with van der Waals surface area (Å²) in [5, 5.41) is 4.45. The molecule has 11 aromatic rings. The summed E-state index contributed by atoms with van der Waals surface area (Å²) in [5.41, 5.74) is 15.9. The molecule has 0 unspecified atom stereocenters. The minimum absolute atomic E-state index is 0.857. The van der Waals surface area contributed by atoms with Crippen LogP contribution in [0.3, 0.4) is 0 Å². The second-order valence-electron chi connectivity index (χ2n) is 14.5. The average Bonchev–Trinajstić information content (AvgIpc) is 3.85. The lowest BCUT2D eigenvalue weighted by Crippen LogP contribution is -2.10. The summed E-state index contributed by atoms with van der Waals surface area (Å²) in [6.07, 6.45) is 0. The van der Waals surface area contributed by atoms with E-state index in [9.17, 15) is 0 Å². The number of hydrogen-bond acceptors (Lipinski definition) is 3. The molecular formula is C54H35NO2. The van der Waals surface area contributed by atoms with Crippen molar-refractivity contribution in [1.82, 2.24) is 0 Å². The van der Waals surface area contributed by atoms with Gasteiger partial charge in [-0.3, -0.25) is 0 Å². The second kappa shape index (κ2) is 13.6. The van der Waals surface area contributed by atoms with Gasteiger partial charge in [-0.05, 0) is 93.5 Å². The maximum absolute atomic E-state index is 6.49. The molecule has 268 valence electrons. The molecule has 0 amide bonds. The standard InChI is InChI=1S/C54H35NO2/c1-4-13-37(14-5-1)44-30-28-42(34-49(44)39-17-8-3-9-18-39)55(43-29-31-47-46-19-10-11-22-51(46)56-53(47)35-43)41-26-23-36(24-27-41)40-25-32-52-50(33-40)48-21-12-20-45(54(48)57-52)38-15-6-2-7-16-38/h1-35H. The van der Waals surface area contributed by atoms with E-state index in [-0.39, 0.29) is 0 Å². The average molecular weight is 730 g/mol. The number of benzene rings is 9. The Labute approximate surface area is 330 Å². The Balaban J connectivity index is 1.04. The van der Waals surface area contributed by atoms with Crippen LogP contribution in [0, 0.1) is 0 Å². The van der Waals surface area contributed by atoms with E-state index in [1.165, 1.54) is 22.3 Å². The first kappa shape index (κ1) is 32.8. The molecule has 0 fully saturated rings. The zero-order valence-electron chi connectivity index (χ0n) is 31.0. The molecule has 2 heterocycles. The number of furan rings is 2. The minimum atomic E-state index is 0.857. The third kappa shape index (κ3) is 5.76. The minimum Gasteiger partial charge on any atom is -0.456 e. The quantitative estimate of drug-likeness (QED) is 0.164. The first-order chi connectivity index (χ1) is 28.2. The van der Waals surface area contributed by atoms with Crippen LogP contribution in [0.4, 0.5) is 17.1 Å². The van der Waals surface area contributed by atoms with Crippen molar-refractivity contribution in [2.75, 3.05) is 4.90 Å². The van der Waals surface area contributed by atoms with Gasteiger partial charge < -0.3 is 13.7 Å². The van der Waals surface area contributed by atoms with Gasteiger partial charge in [-0.2, -0.15) is 0 Å². The molecule has 0 atom stereocenters. The topological polar surface area (TPSA) is 29.5 Å². The molecule has 0 bridgehead atoms. The number of anilines is 3. The molecule has 0 saturated heterocycles. The van der Waals surface area contributed by atoms with Crippen molar-refractivity contribution in [3.8, 4) is 44.5 Å². The maximum atomic E-state index is 6.49. The van der Waals surface area contributed by atoms with Crippen LogP contribution in [0.2, 0.25) is 0 Å². The van der Waals surface area contributed by atoms with Crippen LogP contribution in [0.5, 0.6) is 0 Å². The van der Waals surface area contributed by atoms with Crippen molar-refractivity contribution < 1.29 is 8.83 Å². The zero-order valence-corrected chi connectivity index (χ0v) is 31.0. The van der Waals surface area contributed by atoms with Gasteiger partial charge in [0, 0.05) is 50.2 Å². The molecule has 11 rings (SSSR count). The first-order valence-electron chi connectivity index (χ1n) is 19.3. The van der Waals surface area contributed by atoms with Crippen molar-refractivity contribution in [1.29, 1.82) is 0 Å². The monoisotopic (exact) mass is 729 g/mol. The van der Waals surface area contributed by atoms with Crippen LogP contribution in [0.25, 0.3) is 88.4 Å². The number of para-hydroxylation sites is 2.